The van der Waals surface area contributed by atoms with Crippen LogP contribution in [0.1, 0.15) is 54.1 Å². The molecule has 0 bridgehead atoms. The lowest BCUT2D eigenvalue weighted by Crippen LogP contribution is -2.26. The van der Waals surface area contributed by atoms with Crippen molar-refractivity contribution >= 4 is 28.2 Å². The van der Waals surface area contributed by atoms with Crippen LogP contribution in [0.15, 0.2) is 48.7 Å². The molecule has 6 heteroatoms. The number of carbonyl (C=O) groups excluding carboxylic acids is 1. The van der Waals surface area contributed by atoms with E-state index in [1.54, 1.807) is 6.20 Å². The highest BCUT2D eigenvalue weighted by Crippen LogP contribution is 2.32. The van der Waals surface area contributed by atoms with Crippen LogP contribution in [0.5, 0.6) is 0 Å². The number of rotatable bonds is 10. The van der Waals surface area contributed by atoms with Gasteiger partial charge in [-0.2, -0.15) is 0 Å². The van der Waals surface area contributed by atoms with Crippen molar-refractivity contribution in [1.82, 2.24) is 10.3 Å². The van der Waals surface area contributed by atoms with Crippen LogP contribution in [-0.2, 0) is 13.2 Å². The first-order valence-corrected chi connectivity index (χ1v) is 11.1. The van der Waals surface area contributed by atoms with E-state index in [0.717, 1.165) is 65.6 Å². The number of aliphatic hydroxyl groups excluding tert-OH is 1. The van der Waals surface area contributed by atoms with Gasteiger partial charge < -0.3 is 21.1 Å². The normalized spacial score (nSPS) is 13.2. The molecule has 1 fully saturated rings. The summed E-state index contributed by atoms with van der Waals surface area (Å²) < 4.78 is 0. The van der Waals surface area contributed by atoms with Gasteiger partial charge in [-0.15, -0.1) is 0 Å². The summed E-state index contributed by atoms with van der Waals surface area (Å²) in [7, 11) is 0. The van der Waals surface area contributed by atoms with Gasteiger partial charge in [0.2, 0.25) is 0 Å². The molecule has 162 valence electrons. The van der Waals surface area contributed by atoms with Gasteiger partial charge in [-0.3, -0.25) is 9.78 Å². The second-order valence-electron chi connectivity index (χ2n) is 8.10. The number of anilines is 2. The molecule has 1 heterocycles. The number of benzene rings is 2. The fraction of sp³-hybridized carbons (Fsp3) is 0.360. The van der Waals surface area contributed by atoms with E-state index in [1.807, 2.05) is 30.3 Å². The minimum absolute atomic E-state index is 0.0667. The van der Waals surface area contributed by atoms with Crippen molar-refractivity contribution in [3.63, 3.8) is 0 Å². The molecule has 1 aliphatic rings. The van der Waals surface area contributed by atoms with E-state index >= 15 is 0 Å². The van der Waals surface area contributed by atoms with Crippen molar-refractivity contribution in [1.29, 1.82) is 0 Å². The predicted octanol–water partition coefficient (Wildman–Crippen LogP) is 4.44. The number of hydrogen-bond donors (Lipinski definition) is 4. The minimum atomic E-state index is -0.0980. The molecule has 1 aliphatic carbocycles. The monoisotopic (exact) mass is 418 g/mol. The van der Waals surface area contributed by atoms with E-state index in [-0.39, 0.29) is 18.6 Å². The number of unbranched alkanes of at least 4 members (excludes halogenated alkanes) is 1. The van der Waals surface area contributed by atoms with E-state index in [0.29, 0.717) is 12.1 Å². The molecule has 31 heavy (non-hydrogen) atoms. The smallest absolute Gasteiger partial charge is 0.255 e. The maximum Gasteiger partial charge on any atom is 0.255 e. The van der Waals surface area contributed by atoms with Gasteiger partial charge in [-0.1, -0.05) is 43.7 Å². The van der Waals surface area contributed by atoms with Gasteiger partial charge in [0.1, 0.15) is 0 Å². The van der Waals surface area contributed by atoms with Crippen molar-refractivity contribution in [2.75, 3.05) is 17.2 Å². The fourth-order valence-electron chi connectivity index (χ4n) is 3.62. The summed E-state index contributed by atoms with van der Waals surface area (Å²) in [4.78, 5) is 17.5. The Hall–Kier alpha value is -3.12. The molecule has 1 amide bonds. The molecule has 0 radical (unpaired) electrons. The van der Waals surface area contributed by atoms with Gasteiger partial charge in [-0.25, -0.2) is 0 Å². The van der Waals surface area contributed by atoms with Crippen LogP contribution in [0, 0.1) is 0 Å². The first-order valence-electron chi connectivity index (χ1n) is 11.1. The maximum atomic E-state index is 12.9. The lowest BCUT2D eigenvalue weighted by molar-refractivity contribution is 0.0951. The van der Waals surface area contributed by atoms with E-state index in [2.05, 4.69) is 40.0 Å². The summed E-state index contributed by atoms with van der Waals surface area (Å²) in [5, 5.41) is 20.7. The average Bonchev–Trinajstić information content (AvgIpc) is 3.61. The Labute approximate surface area is 183 Å². The Bertz CT molecular complexity index is 1050. The SMILES string of the molecule is CCCCNc1cc2c(NCc3ccccc3)c(C(=O)NC3CC3)cnc2cc1CO. The molecule has 2 aromatic carbocycles. The Balaban J connectivity index is 1.74. The molecule has 0 aliphatic heterocycles. The lowest BCUT2D eigenvalue weighted by Gasteiger charge is -2.18. The van der Waals surface area contributed by atoms with Crippen LogP contribution in [0.3, 0.4) is 0 Å². The third-order valence-corrected chi connectivity index (χ3v) is 5.58. The third-order valence-electron chi connectivity index (χ3n) is 5.58. The van der Waals surface area contributed by atoms with Crippen molar-refractivity contribution < 1.29 is 9.90 Å². The Morgan fingerprint density at radius 1 is 1.16 bits per heavy atom. The molecule has 0 unspecified atom stereocenters. The standard InChI is InChI=1S/C25H30N4O2/c1-2-3-11-26-22-13-20-23(12-18(22)16-30)27-15-21(25(31)29-19-9-10-19)24(20)28-14-17-7-5-4-6-8-17/h4-8,12-13,15,19,26,30H,2-3,9-11,14,16H2,1H3,(H,27,28)(H,29,31). The lowest BCUT2D eigenvalue weighted by atomic mass is 10.0. The highest BCUT2D eigenvalue weighted by Gasteiger charge is 2.26. The molecular formula is C25H30N4O2. The minimum Gasteiger partial charge on any atom is -0.392 e. The fourth-order valence-corrected chi connectivity index (χ4v) is 3.62. The van der Waals surface area contributed by atoms with Gasteiger partial charge in [0.25, 0.3) is 5.91 Å². The van der Waals surface area contributed by atoms with Crippen LogP contribution >= 0.6 is 0 Å². The number of aliphatic hydroxyl groups is 1. The summed E-state index contributed by atoms with van der Waals surface area (Å²) in [6, 6.07) is 14.3. The zero-order valence-corrected chi connectivity index (χ0v) is 17.9. The van der Waals surface area contributed by atoms with Gasteiger partial charge >= 0.3 is 0 Å². The first-order chi connectivity index (χ1) is 15.2. The van der Waals surface area contributed by atoms with Crippen molar-refractivity contribution in [3.8, 4) is 0 Å². The quantitative estimate of drug-likeness (QED) is 0.366. The van der Waals surface area contributed by atoms with Crippen LogP contribution in [0.2, 0.25) is 0 Å². The zero-order chi connectivity index (χ0) is 21.6. The zero-order valence-electron chi connectivity index (χ0n) is 17.9. The van der Waals surface area contributed by atoms with E-state index in [9.17, 15) is 9.90 Å². The number of carbonyl (C=O) groups is 1. The molecule has 0 spiro atoms. The molecule has 1 saturated carbocycles. The highest BCUT2D eigenvalue weighted by molar-refractivity contribution is 6.08. The topological polar surface area (TPSA) is 86.3 Å². The summed E-state index contributed by atoms with van der Waals surface area (Å²) in [6.45, 7) is 3.51. The number of amides is 1. The average molecular weight is 419 g/mol. The molecule has 0 atom stereocenters. The Morgan fingerprint density at radius 2 is 1.97 bits per heavy atom. The molecule has 0 saturated heterocycles. The van der Waals surface area contributed by atoms with Crippen LogP contribution in [-0.4, -0.2) is 28.6 Å². The van der Waals surface area contributed by atoms with Gasteiger partial charge in [0, 0.05) is 42.0 Å². The maximum absolute atomic E-state index is 12.9. The molecule has 3 aromatic rings. The highest BCUT2D eigenvalue weighted by atomic mass is 16.3. The van der Waals surface area contributed by atoms with Crippen molar-refractivity contribution in [3.05, 3.63) is 65.4 Å². The predicted molar refractivity (Wildman–Crippen MR) is 125 cm³/mol. The van der Waals surface area contributed by atoms with Crippen LogP contribution in [0.4, 0.5) is 11.4 Å². The van der Waals surface area contributed by atoms with E-state index in [4.69, 9.17) is 0 Å². The first kappa shape index (κ1) is 21.1. The van der Waals surface area contributed by atoms with Crippen LogP contribution < -0.4 is 16.0 Å². The number of pyridine rings is 1. The summed E-state index contributed by atoms with van der Waals surface area (Å²) in [6.07, 6.45) is 5.84. The number of aromatic nitrogens is 1. The van der Waals surface area contributed by atoms with Gasteiger partial charge in [-0.05, 0) is 37.0 Å². The van der Waals surface area contributed by atoms with E-state index < -0.39 is 0 Å². The van der Waals surface area contributed by atoms with Crippen molar-refractivity contribution in [2.45, 2.75) is 51.8 Å². The second kappa shape index (κ2) is 9.79. The third kappa shape index (κ3) is 5.14. The number of hydrogen-bond acceptors (Lipinski definition) is 5. The molecular weight excluding hydrogens is 388 g/mol. The summed E-state index contributed by atoms with van der Waals surface area (Å²) in [5.41, 5.74) is 4.90. The second-order valence-corrected chi connectivity index (χ2v) is 8.10. The van der Waals surface area contributed by atoms with E-state index in [1.165, 1.54) is 0 Å². The molecule has 6 nitrogen and oxygen atoms in total. The largest absolute Gasteiger partial charge is 0.392 e. The molecule has 1 aromatic heterocycles. The Morgan fingerprint density at radius 3 is 2.68 bits per heavy atom. The number of fused-ring (bicyclic) bond motifs is 1. The van der Waals surface area contributed by atoms with Gasteiger partial charge in [0.15, 0.2) is 0 Å². The van der Waals surface area contributed by atoms with Gasteiger partial charge in [0.05, 0.1) is 23.4 Å². The van der Waals surface area contributed by atoms with Crippen molar-refractivity contribution in [2.24, 2.45) is 0 Å². The van der Waals surface area contributed by atoms with Crippen LogP contribution in [0.25, 0.3) is 10.9 Å². The molecule has 4 N–H and O–H groups in total. The number of nitrogens with zero attached hydrogens (tertiary/aromatic N) is 1. The Kier molecular flexibility index (Phi) is 6.67. The molecule has 4 rings (SSSR count). The summed E-state index contributed by atoms with van der Waals surface area (Å²) in [5.74, 6) is -0.0980. The number of nitrogens with one attached hydrogen (secondary N) is 3. The summed E-state index contributed by atoms with van der Waals surface area (Å²) >= 11 is 0.